The van der Waals surface area contributed by atoms with Crippen LogP contribution in [0, 0.1) is 0 Å². The van der Waals surface area contributed by atoms with Gasteiger partial charge in [0.1, 0.15) is 5.84 Å². The molecule has 0 aliphatic rings. The van der Waals surface area contributed by atoms with Gasteiger partial charge in [-0.15, -0.1) is 0 Å². The maximum Gasteiger partial charge on any atom is 0.213 e. The van der Waals surface area contributed by atoms with Crippen molar-refractivity contribution in [3.63, 3.8) is 0 Å². The number of nitrogens with zero attached hydrogens (tertiary/aromatic N) is 3. The zero-order valence-corrected chi connectivity index (χ0v) is 10.8. The third kappa shape index (κ3) is 4.58. The van der Waals surface area contributed by atoms with Crippen molar-refractivity contribution in [1.29, 1.82) is 0 Å². The third-order valence-corrected chi connectivity index (χ3v) is 2.64. The van der Waals surface area contributed by atoms with Crippen molar-refractivity contribution in [2.75, 3.05) is 20.2 Å². The van der Waals surface area contributed by atoms with Gasteiger partial charge in [-0.1, -0.05) is 18.1 Å². The van der Waals surface area contributed by atoms with E-state index in [0.29, 0.717) is 18.8 Å². The lowest BCUT2D eigenvalue weighted by Crippen LogP contribution is -2.28. The number of ether oxygens (including phenoxy) is 1. The molecule has 0 unspecified atom stereocenters. The molecule has 0 aliphatic carbocycles. The molecule has 0 spiro atoms. The SMILES string of the molecule is CCN(CCC(N)=NO)Cc1cccc(OC)n1. The fraction of sp³-hybridized carbons (Fsp3) is 0.500. The van der Waals surface area contributed by atoms with E-state index in [2.05, 4.69) is 22.0 Å². The molecule has 0 radical (unpaired) electrons. The molecule has 100 valence electrons. The van der Waals surface area contributed by atoms with Gasteiger partial charge in [-0.2, -0.15) is 0 Å². The molecule has 0 amide bonds. The van der Waals surface area contributed by atoms with Crippen molar-refractivity contribution in [3.05, 3.63) is 23.9 Å². The Labute approximate surface area is 107 Å². The second-order valence-electron chi connectivity index (χ2n) is 3.88. The molecule has 6 heteroatoms. The van der Waals surface area contributed by atoms with E-state index in [-0.39, 0.29) is 5.84 Å². The van der Waals surface area contributed by atoms with E-state index in [4.69, 9.17) is 15.7 Å². The number of amidine groups is 1. The smallest absolute Gasteiger partial charge is 0.213 e. The Bertz CT molecular complexity index is 395. The molecule has 1 aromatic rings. The summed E-state index contributed by atoms with van der Waals surface area (Å²) in [7, 11) is 1.60. The molecule has 1 heterocycles. The van der Waals surface area contributed by atoms with Crippen LogP contribution in [0.1, 0.15) is 19.0 Å². The largest absolute Gasteiger partial charge is 0.481 e. The van der Waals surface area contributed by atoms with Crippen LogP contribution in [0.2, 0.25) is 0 Å². The molecule has 0 aliphatic heterocycles. The molecule has 0 bridgehead atoms. The number of nitrogens with two attached hydrogens (primary N) is 1. The molecule has 0 fully saturated rings. The summed E-state index contributed by atoms with van der Waals surface area (Å²) in [4.78, 5) is 6.52. The fourth-order valence-corrected chi connectivity index (χ4v) is 1.56. The summed E-state index contributed by atoms with van der Waals surface area (Å²) < 4.78 is 5.08. The summed E-state index contributed by atoms with van der Waals surface area (Å²) in [6.45, 7) is 4.38. The van der Waals surface area contributed by atoms with Crippen molar-refractivity contribution >= 4 is 5.84 Å². The molecule has 1 rings (SSSR count). The van der Waals surface area contributed by atoms with Crippen LogP contribution in [0.25, 0.3) is 0 Å². The quantitative estimate of drug-likeness (QED) is 0.328. The first-order chi connectivity index (χ1) is 8.69. The molecule has 0 aromatic carbocycles. The lowest BCUT2D eigenvalue weighted by molar-refractivity contribution is 0.278. The number of hydrogen-bond acceptors (Lipinski definition) is 5. The lowest BCUT2D eigenvalue weighted by atomic mass is 10.3. The maximum absolute atomic E-state index is 8.49. The minimum atomic E-state index is 0.243. The van der Waals surface area contributed by atoms with Crippen LogP contribution in [-0.2, 0) is 6.54 Å². The van der Waals surface area contributed by atoms with Crippen LogP contribution in [0.15, 0.2) is 23.4 Å². The fourth-order valence-electron chi connectivity index (χ4n) is 1.56. The summed E-state index contributed by atoms with van der Waals surface area (Å²) >= 11 is 0. The minimum absolute atomic E-state index is 0.243. The van der Waals surface area contributed by atoms with Gasteiger partial charge in [-0.05, 0) is 12.6 Å². The molecule has 0 saturated heterocycles. The minimum Gasteiger partial charge on any atom is -0.481 e. The van der Waals surface area contributed by atoms with Gasteiger partial charge in [0.05, 0.1) is 12.8 Å². The highest BCUT2D eigenvalue weighted by molar-refractivity contribution is 5.79. The molecule has 3 N–H and O–H groups in total. The van der Waals surface area contributed by atoms with Gasteiger partial charge in [0.25, 0.3) is 0 Å². The Kier molecular flexibility index (Phi) is 5.93. The Hall–Kier alpha value is -1.82. The standard InChI is InChI=1S/C12H20N4O2/c1-3-16(8-7-11(13)15-17)9-10-5-4-6-12(14-10)18-2/h4-6,17H,3,7-9H2,1-2H3,(H2,13,15). The number of aromatic nitrogens is 1. The molecule has 0 atom stereocenters. The van der Waals surface area contributed by atoms with Crippen molar-refractivity contribution in [1.82, 2.24) is 9.88 Å². The Balaban J connectivity index is 2.56. The first-order valence-corrected chi connectivity index (χ1v) is 5.88. The number of pyridine rings is 1. The van der Waals surface area contributed by atoms with Crippen LogP contribution in [0.4, 0.5) is 0 Å². The van der Waals surface area contributed by atoms with Gasteiger partial charge in [0, 0.05) is 25.6 Å². The van der Waals surface area contributed by atoms with Crippen LogP contribution in [-0.4, -0.2) is 41.1 Å². The number of rotatable bonds is 7. The van der Waals surface area contributed by atoms with E-state index in [9.17, 15) is 0 Å². The van der Waals surface area contributed by atoms with Crippen LogP contribution < -0.4 is 10.5 Å². The Morgan fingerprint density at radius 2 is 2.33 bits per heavy atom. The molecular weight excluding hydrogens is 232 g/mol. The zero-order valence-electron chi connectivity index (χ0n) is 10.8. The average Bonchev–Trinajstić information content (AvgIpc) is 2.43. The summed E-state index contributed by atoms with van der Waals surface area (Å²) in [5.41, 5.74) is 6.39. The monoisotopic (exact) mass is 252 g/mol. The molecule has 0 saturated carbocycles. The second kappa shape index (κ2) is 7.50. The van der Waals surface area contributed by atoms with Gasteiger partial charge in [0.2, 0.25) is 5.88 Å². The molecule has 6 nitrogen and oxygen atoms in total. The summed E-state index contributed by atoms with van der Waals surface area (Å²) in [5.74, 6) is 0.854. The second-order valence-corrected chi connectivity index (χ2v) is 3.88. The lowest BCUT2D eigenvalue weighted by Gasteiger charge is -2.19. The summed E-state index contributed by atoms with van der Waals surface area (Å²) in [6, 6.07) is 5.68. The molecule has 18 heavy (non-hydrogen) atoms. The van der Waals surface area contributed by atoms with Crippen molar-refractivity contribution in [3.8, 4) is 5.88 Å². The number of hydrogen-bond donors (Lipinski definition) is 2. The summed E-state index contributed by atoms with van der Waals surface area (Å²) in [5, 5.41) is 11.5. The number of methoxy groups -OCH3 is 1. The van der Waals surface area contributed by atoms with Crippen molar-refractivity contribution < 1.29 is 9.94 Å². The Morgan fingerprint density at radius 1 is 1.56 bits per heavy atom. The maximum atomic E-state index is 8.49. The van der Waals surface area contributed by atoms with E-state index in [1.807, 2.05) is 18.2 Å². The van der Waals surface area contributed by atoms with Gasteiger partial charge in [-0.25, -0.2) is 4.98 Å². The Morgan fingerprint density at radius 3 is 2.94 bits per heavy atom. The molecule has 1 aromatic heterocycles. The van der Waals surface area contributed by atoms with Crippen LogP contribution in [0.3, 0.4) is 0 Å². The normalized spacial score (nSPS) is 11.8. The van der Waals surface area contributed by atoms with Gasteiger partial charge in [0.15, 0.2) is 0 Å². The van der Waals surface area contributed by atoms with Crippen molar-refractivity contribution in [2.24, 2.45) is 10.9 Å². The average molecular weight is 252 g/mol. The highest BCUT2D eigenvalue weighted by Crippen LogP contribution is 2.09. The number of oxime groups is 1. The van der Waals surface area contributed by atoms with E-state index in [1.165, 1.54) is 0 Å². The predicted octanol–water partition coefficient (Wildman–Crippen LogP) is 1.05. The first-order valence-electron chi connectivity index (χ1n) is 5.88. The van der Waals surface area contributed by atoms with Gasteiger partial charge in [-0.3, -0.25) is 4.90 Å². The highest BCUT2D eigenvalue weighted by atomic mass is 16.5. The highest BCUT2D eigenvalue weighted by Gasteiger charge is 2.06. The van der Waals surface area contributed by atoms with Crippen LogP contribution in [0.5, 0.6) is 5.88 Å². The molecular formula is C12H20N4O2. The topological polar surface area (TPSA) is 84.0 Å². The van der Waals surface area contributed by atoms with E-state index >= 15 is 0 Å². The van der Waals surface area contributed by atoms with Crippen LogP contribution >= 0.6 is 0 Å². The first kappa shape index (κ1) is 14.2. The van der Waals surface area contributed by atoms with E-state index < -0.39 is 0 Å². The zero-order chi connectivity index (χ0) is 13.4. The summed E-state index contributed by atoms with van der Waals surface area (Å²) in [6.07, 6.45) is 0.536. The third-order valence-electron chi connectivity index (χ3n) is 2.64. The van der Waals surface area contributed by atoms with Gasteiger partial charge < -0.3 is 15.7 Å². The van der Waals surface area contributed by atoms with Gasteiger partial charge >= 0.3 is 0 Å². The predicted molar refractivity (Wildman–Crippen MR) is 69.8 cm³/mol. The van der Waals surface area contributed by atoms with Crippen molar-refractivity contribution in [2.45, 2.75) is 19.9 Å². The van der Waals surface area contributed by atoms with E-state index in [1.54, 1.807) is 7.11 Å². The van der Waals surface area contributed by atoms with E-state index in [0.717, 1.165) is 18.8 Å².